The molecule has 5 heteroatoms. The van der Waals surface area contributed by atoms with Crippen LogP contribution >= 0.6 is 11.8 Å². The monoisotopic (exact) mass is 379 g/mol. The highest BCUT2D eigenvalue weighted by molar-refractivity contribution is 7.98. The molecule has 3 aromatic rings. The lowest BCUT2D eigenvalue weighted by atomic mass is 10.1. The minimum Gasteiger partial charge on any atom is -0.309 e. The molecule has 0 saturated heterocycles. The van der Waals surface area contributed by atoms with E-state index in [1.807, 2.05) is 32.3 Å². The normalized spacial score (nSPS) is 11.7. The Hall–Kier alpha value is -2.37. The SMILES string of the molecule is CSc1ccc(/C=C/c2ccc3c(=O)n(CCCN(C)C)ncc3c2)cc1. The van der Waals surface area contributed by atoms with Crippen molar-refractivity contribution >= 4 is 34.7 Å². The minimum atomic E-state index is -0.0190. The standard InChI is InChI=1S/C22H25N3OS/c1-24(2)13-4-14-25-22(26)21-12-9-18(15-19(21)16-23-25)6-5-17-7-10-20(27-3)11-8-17/h5-12,15-16H,4,13-14H2,1-3H3/b6-5+. The Morgan fingerprint density at radius 2 is 1.78 bits per heavy atom. The van der Waals surface area contributed by atoms with Crippen LogP contribution in [0.4, 0.5) is 0 Å². The lowest BCUT2D eigenvalue weighted by Crippen LogP contribution is -2.25. The molecule has 1 heterocycles. The van der Waals surface area contributed by atoms with Crippen LogP contribution in [0.1, 0.15) is 17.5 Å². The molecule has 0 fully saturated rings. The van der Waals surface area contributed by atoms with Crippen molar-refractivity contribution in [3.05, 3.63) is 70.1 Å². The van der Waals surface area contributed by atoms with Crippen molar-refractivity contribution < 1.29 is 0 Å². The Labute approximate surface area is 164 Å². The van der Waals surface area contributed by atoms with Crippen LogP contribution in [0.5, 0.6) is 0 Å². The summed E-state index contributed by atoms with van der Waals surface area (Å²) in [6.45, 7) is 1.58. The van der Waals surface area contributed by atoms with Gasteiger partial charge in [0.1, 0.15) is 0 Å². The molecule has 27 heavy (non-hydrogen) atoms. The van der Waals surface area contributed by atoms with Gasteiger partial charge in [0.25, 0.3) is 5.56 Å². The smallest absolute Gasteiger partial charge is 0.274 e. The molecule has 1 aromatic heterocycles. The van der Waals surface area contributed by atoms with Gasteiger partial charge in [-0.1, -0.05) is 30.4 Å². The largest absolute Gasteiger partial charge is 0.309 e. The van der Waals surface area contributed by atoms with Crippen molar-refractivity contribution in [3.8, 4) is 0 Å². The molecule has 0 unspecified atom stereocenters. The van der Waals surface area contributed by atoms with Gasteiger partial charge in [-0.3, -0.25) is 4.79 Å². The van der Waals surface area contributed by atoms with Crippen molar-refractivity contribution in [2.75, 3.05) is 26.9 Å². The van der Waals surface area contributed by atoms with Gasteiger partial charge in [0.2, 0.25) is 0 Å². The van der Waals surface area contributed by atoms with Gasteiger partial charge < -0.3 is 4.90 Å². The molecule has 0 N–H and O–H groups in total. The third kappa shape index (κ3) is 5.08. The molecule has 0 atom stereocenters. The Kier molecular flexibility index (Phi) is 6.48. The van der Waals surface area contributed by atoms with E-state index in [1.54, 1.807) is 22.6 Å². The lowest BCUT2D eigenvalue weighted by Gasteiger charge is -2.10. The summed E-state index contributed by atoms with van der Waals surface area (Å²) in [5.41, 5.74) is 2.19. The fourth-order valence-electron chi connectivity index (χ4n) is 2.91. The molecule has 0 aliphatic carbocycles. The van der Waals surface area contributed by atoms with Crippen LogP contribution in [0.2, 0.25) is 0 Å². The molecule has 0 aliphatic heterocycles. The Morgan fingerprint density at radius 3 is 2.48 bits per heavy atom. The second kappa shape index (κ2) is 9.02. The third-order valence-corrected chi connectivity index (χ3v) is 5.18. The summed E-state index contributed by atoms with van der Waals surface area (Å²) in [5.74, 6) is 0. The molecule has 0 aliphatic rings. The predicted octanol–water partition coefficient (Wildman–Crippen LogP) is 4.24. The highest BCUT2D eigenvalue weighted by Gasteiger charge is 2.05. The van der Waals surface area contributed by atoms with Crippen molar-refractivity contribution in [1.29, 1.82) is 0 Å². The zero-order valence-electron chi connectivity index (χ0n) is 16.1. The molecule has 0 saturated carbocycles. The maximum atomic E-state index is 12.6. The summed E-state index contributed by atoms with van der Waals surface area (Å²) in [5, 5.41) is 5.94. The van der Waals surface area contributed by atoms with Crippen LogP contribution in [0.3, 0.4) is 0 Å². The van der Waals surface area contributed by atoms with Gasteiger partial charge in [-0.05, 0) is 68.7 Å². The molecule has 0 bridgehead atoms. The Morgan fingerprint density at radius 1 is 1.07 bits per heavy atom. The summed E-state index contributed by atoms with van der Waals surface area (Å²) in [7, 11) is 4.06. The predicted molar refractivity (Wildman–Crippen MR) is 116 cm³/mol. The second-order valence-electron chi connectivity index (χ2n) is 6.78. The van der Waals surface area contributed by atoms with E-state index in [9.17, 15) is 4.79 Å². The van der Waals surface area contributed by atoms with Gasteiger partial charge in [-0.25, -0.2) is 4.68 Å². The number of aromatic nitrogens is 2. The number of fused-ring (bicyclic) bond motifs is 1. The van der Waals surface area contributed by atoms with Gasteiger partial charge in [0.05, 0.1) is 11.6 Å². The number of hydrogen-bond donors (Lipinski definition) is 0. The first kappa shape index (κ1) is 19.4. The van der Waals surface area contributed by atoms with Crippen LogP contribution < -0.4 is 5.56 Å². The summed E-state index contributed by atoms with van der Waals surface area (Å²) in [6, 6.07) is 14.4. The van der Waals surface area contributed by atoms with E-state index in [1.165, 1.54) is 4.90 Å². The van der Waals surface area contributed by atoms with Crippen molar-refractivity contribution in [1.82, 2.24) is 14.7 Å². The van der Waals surface area contributed by atoms with Crippen LogP contribution in [0, 0.1) is 0 Å². The number of aryl methyl sites for hydroxylation is 1. The van der Waals surface area contributed by atoms with Crippen LogP contribution in [0.25, 0.3) is 22.9 Å². The molecular formula is C22H25N3OS. The van der Waals surface area contributed by atoms with E-state index in [-0.39, 0.29) is 5.56 Å². The average Bonchev–Trinajstić information content (AvgIpc) is 2.68. The molecule has 140 valence electrons. The highest BCUT2D eigenvalue weighted by Crippen LogP contribution is 2.17. The molecule has 3 rings (SSSR count). The van der Waals surface area contributed by atoms with Gasteiger partial charge in [0.15, 0.2) is 0 Å². The van der Waals surface area contributed by atoms with E-state index >= 15 is 0 Å². The molecule has 2 aromatic carbocycles. The number of rotatable bonds is 7. The van der Waals surface area contributed by atoms with E-state index < -0.39 is 0 Å². The minimum absolute atomic E-state index is 0.0190. The number of hydrogen-bond acceptors (Lipinski definition) is 4. The molecular weight excluding hydrogens is 354 g/mol. The van der Waals surface area contributed by atoms with Gasteiger partial charge >= 0.3 is 0 Å². The number of thioether (sulfide) groups is 1. The van der Waals surface area contributed by atoms with Gasteiger partial charge in [-0.2, -0.15) is 5.10 Å². The van der Waals surface area contributed by atoms with Crippen LogP contribution in [0.15, 0.2) is 58.4 Å². The van der Waals surface area contributed by atoms with Crippen molar-refractivity contribution in [2.24, 2.45) is 0 Å². The van der Waals surface area contributed by atoms with E-state index in [0.29, 0.717) is 6.54 Å². The average molecular weight is 380 g/mol. The topological polar surface area (TPSA) is 38.1 Å². The zero-order chi connectivity index (χ0) is 19.2. The molecule has 4 nitrogen and oxygen atoms in total. The van der Waals surface area contributed by atoms with E-state index in [2.05, 4.69) is 52.7 Å². The van der Waals surface area contributed by atoms with Gasteiger partial charge in [0, 0.05) is 16.8 Å². The summed E-state index contributed by atoms with van der Waals surface area (Å²) in [6.07, 6.45) is 8.92. The maximum Gasteiger partial charge on any atom is 0.274 e. The highest BCUT2D eigenvalue weighted by atomic mass is 32.2. The van der Waals surface area contributed by atoms with E-state index in [0.717, 1.165) is 34.9 Å². The first-order valence-corrected chi connectivity index (χ1v) is 10.3. The molecule has 0 spiro atoms. The zero-order valence-corrected chi connectivity index (χ0v) is 16.9. The fraction of sp³-hybridized carbons (Fsp3) is 0.273. The summed E-state index contributed by atoms with van der Waals surface area (Å²) < 4.78 is 1.56. The second-order valence-corrected chi connectivity index (χ2v) is 7.66. The van der Waals surface area contributed by atoms with Crippen LogP contribution in [-0.4, -0.2) is 41.6 Å². The maximum absolute atomic E-state index is 12.6. The quantitative estimate of drug-likeness (QED) is 0.455. The third-order valence-electron chi connectivity index (χ3n) is 4.44. The van der Waals surface area contributed by atoms with Crippen LogP contribution in [-0.2, 0) is 6.54 Å². The molecule has 0 amide bonds. The first-order chi connectivity index (χ1) is 13.1. The van der Waals surface area contributed by atoms with Gasteiger partial charge in [-0.15, -0.1) is 11.8 Å². The summed E-state index contributed by atoms with van der Waals surface area (Å²) in [4.78, 5) is 16.0. The first-order valence-electron chi connectivity index (χ1n) is 9.03. The number of nitrogens with zero attached hydrogens (tertiary/aromatic N) is 3. The molecule has 0 radical (unpaired) electrons. The Balaban J connectivity index is 1.78. The lowest BCUT2D eigenvalue weighted by molar-refractivity contribution is 0.378. The Bertz CT molecular complexity index is 991. The van der Waals surface area contributed by atoms with Crippen molar-refractivity contribution in [2.45, 2.75) is 17.9 Å². The fourth-order valence-corrected chi connectivity index (χ4v) is 3.32. The number of benzene rings is 2. The summed E-state index contributed by atoms with van der Waals surface area (Å²) >= 11 is 1.74. The van der Waals surface area contributed by atoms with E-state index in [4.69, 9.17) is 0 Å². The van der Waals surface area contributed by atoms with Crippen molar-refractivity contribution in [3.63, 3.8) is 0 Å².